The zero-order chi connectivity index (χ0) is 19.9. The number of rotatable bonds is 8. The third kappa shape index (κ3) is 5.06. The highest BCUT2D eigenvalue weighted by Gasteiger charge is 2.44. The summed E-state index contributed by atoms with van der Waals surface area (Å²) in [7, 11) is 0. The van der Waals surface area contributed by atoms with E-state index in [1.165, 1.54) is 12.8 Å². The molecule has 0 aromatic heterocycles. The molecule has 4 unspecified atom stereocenters. The number of ether oxygens (including phenoxy) is 2. The standard InChI is InChI=1S/C23H40O4/c1-5-18-13-9-11-15-22(18,7-3)26-20(24)17-21(25)27-23(8-4)16-12-10-14-19(23)6-2/h18-19H,5-17H2,1-4H3. The van der Waals surface area contributed by atoms with Crippen molar-refractivity contribution in [1.82, 2.24) is 0 Å². The molecule has 4 heteroatoms. The fourth-order valence-corrected chi connectivity index (χ4v) is 5.70. The molecule has 0 aromatic rings. The smallest absolute Gasteiger partial charge is 0.317 e. The van der Waals surface area contributed by atoms with Gasteiger partial charge in [0.2, 0.25) is 0 Å². The lowest BCUT2D eigenvalue weighted by atomic mass is 9.72. The van der Waals surface area contributed by atoms with Crippen molar-refractivity contribution in [3.63, 3.8) is 0 Å². The van der Waals surface area contributed by atoms with Gasteiger partial charge in [-0.15, -0.1) is 0 Å². The number of esters is 2. The summed E-state index contributed by atoms with van der Waals surface area (Å²) in [5.74, 6) is -0.00309. The molecule has 0 heterocycles. The van der Waals surface area contributed by atoms with Gasteiger partial charge in [-0.05, 0) is 76.0 Å². The van der Waals surface area contributed by atoms with Crippen molar-refractivity contribution in [2.24, 2.45) is 11.8 Å². The average molecular weight is 381 g/mol. The Morgan fingerprint density at radius 1 is 0.741 bits per heavy atom. The molecule has 4 atom stereocenters. The average Bonchev–Trinajstić information content (AvgIpc) is 2.68. The Morgan fingerprint density at radius 2 is 1.15 bits per heavy atom. The molecule has 0 saturated heterocycles. The molecule has 0 spiro atoms. The van der Waals surface area contributed by atoms with Crippen molar-refractivity contribution >= 4 is 11.9 Å². The summed E-state index contributed by atoms with van der Waals surface area (Å²) in [6.07, 6.45) is 12.1. The predicted molar refractivity (Wildman–Crippen MR) is 107 cm³/mol. The van der Waals surface area contributed by atoms with Crippen LogP contribution in [0, 0.1) is 11.8 Å². The molecule has 2 aliphatic carbocycles. The zero-order valence-electron chi connectivity index (χ0n) is 18.0. The number of hydrogen-bond acceptors (Lipinski definition) is 4. The minimum atomic E-state index is -0.405. The van der Waals surface area contributed by atoms with E-state index >= 15 is 0 Å². The Kier molecular flexibility index (Phi) is 8.18. The van der Waals surface area contributed by atoms with E-state index in [1.807, 2.05) is 0 Å². The summed E-state index contributed by atoms with van der Waals surface area (Å²) in [6, 6.07) is 0. The largest absolute Gasteiger partial charge is 0.458 e. The third-order valence-corrected chi connectivity index (χ3v) is 7.40. The molecule has 0 aromatic carbocycles. The van der Waals surface area contributed by atoms with E-state index in [0.717, 1.165) is 64.2 Å². The van der Waals surface area contributed by atoms with Crippen molar-refractivity contribution in [3.05, 3.63) is 0 Å². The molecule has 2 fully saturated rings. The van der Waals surface area contributed by atoms with Crippen LogP contribution in [0.25, 0.3) is 0 Å². The summed E-state index contributed by atoms with van der Waals surface area (Å²) in [4.78, 5) is 25.2. The number of carbonyl (C=O) groups is 2. The number of hydrogen-bond donors (Lipinski definition) is 0. The molecule has 2 rings (SSSR count). The molecule has 0 bridgehead atoms. The lowest BCUT2D eigenvalue weighted by Gasteiger charge is -2.43. The molecule has 4 nitrogen and oxygen atoms in total. The van der Waals surface area contributed by atoms with Crippen LogP contribution in [0.3, 0.4) is 0 Å². The first-order valence-electron chi connectivity index (χ1n) is 11.4. The van der Waals surface area contributed by atoms with Gasteiger partial charge in [-0.3, -0.25) is 9.59 Å². The second kappa shape index (κ2) is 9.93. The molecule has 2 aliphatic rings. The maximum Gasteiger partial charge on any atom is 0.317 e. The van der Waals surface area contributed by atoms with Gasteiger partial charge in [0, 0.05) is 0 Å². The Labute approximate surface area is 165 Å². The number of carbonyl (C=O) groups excluding carboxylic acids is 2. The monoisotopic (exact) mass is 380 g/mol. The maximum atomic E-state index is 12.6. The lowest BCUT2D eigenvalue weighted by Crippen LogP contribution is -2.46. The minimum Gasteiger partial charge on any atom is -0.458 e. The first kappa shape index (κ1) is 22.2. The van der Waals surface area contributed by atoms with Crippen molar-refractivity contribution in [2.45, 2.75) is 122 Å². The van der Waals surface area contributed by atoms with Crippen LogP contribution in [0.2, 0.25) is 0 Å². The van der Waals surface area contributed by atoms with E-state index in [0.29, 0.717) is 11.8 Å². The molecular formula is C23H40O4. The van der Waals surface area contributed by atoms with Crippen LogP contribution in [0.5, 0.6) is 0 Å². The van der Waals surface area contributed by atoms with Crippen LogP contribution in [-0.2, 0) is 19.1 Å². The Bertz CT molecular complexity index is 459. The normalized spacial score (nSPS) is 34.1. The SMILES string of the molecule is CCC1CCCCC1(CC)OC(=O)CC(=O)OC1(CC)CCCCC1CC. The second-order valence-corrected chi connectivity index (χ2v) is 8.66. The highest BCUT2D eigenvalue weighted by molar-refractivity contribution is 5.91. The van der Waals surface area contributed by atoms with Crippen LogP contribution >= 0.6 is 0 Å². The van der Waals surface area contributed by atoms with E-state index in [2.05, 4.69) is 27.7 Å². The highest BCUT2D eigenvalue weighted by Crippen LogP contribution is 2.43. The van der Waals surface area contributed by atoms with Crippen LogP contribution in [-0.4, -0.2) is 23.1 Å². The summed E-state index contributed by atoms with van der Waals surface area (Å²) in [6.45, 7) is 8.53. The Balaban J connectivity index is 1.98. The molecule has 0 amide bonds. The van der Waals surface area contributed by atoms with Crippen molar-refractivity contribution < 1.29 is 19.1 Å². The Hall–Kier alpha value is -1.06. The topological polar surface area (TPSA) is 52.6 Å². The van der Waals surface area contributed by atoms with Crippen LogP contribution in [0.4, 0.5) is 0 Å². The van der Waals surface area contributed by atoms with Gasteiger partial charge in [0.05, 0.1) is 0 Å². The van der Waals surface area contributed by atoms with Gasteiger partial charge in [0.25, 0.3) is 0 Å². The van der Waals surface area contributed by atoms with Gasteiger partial charge in [-0.25, -0.2) is 0 Å². The van der Waals surface area contributed by atoms with E-state index in [1.54, 1.807) is 0 Å². The van der Waals surface area contributed by atoms with E-state index < -0.39 is 11.9 Å². The van der Waals surface area contributed by atoms with Crippen molar-refractivity contribution in [3.8, 4) is 0 Å². The van der Waals surface area contributed by atoms with Gasteiger partial charge in [-0.2, -0.15) is 0 Å². The van der Waals surface area contributed by atoms with Crippen LogP contribution < -0.4 is 0 Å². The molecule has 0 aliphatic heterocycles. The van der Waals surface area contributed by atoms with Crippen molar-refractivity contribution in [2.75, 3.05) is 0 Å². The summed E-state index contributed by atoms with van der Waals surface area (Å²) < 4.78 is 11.9. The summed E-state index contributed by atoms with van der Waals surface area (Å²) in [5, 5.41) is 0. The molecular weight excluding hydrogens is 340 g/mol. The summed E-state index contributed by atoms with van der Waals surface area (Å²) in [5.41, 5.74) is -0.771. The van der Waals surface area contributed by atoms with E-state index in [9.17, 15) is 9.59 Å². The fraction of sp³-hybridized carbons (Fsp3) is 0.913. The van der Waals surface area contributed by atoms with Gasteiger partial charge in [0.1, 0.15) is 17.6 Å². The van der Waals surface area contributed by atoms with Gasteiger partial charge in [0.15, 0.2) is 0 Å². The first-order valence-corrected chi connectivity index (χ1v) is 11.4. The maximum absolute atomic E-state index is 12.6. The Morgan fingerprint density at radius 3 is 1.48 bits per heavy atom. The van der Waals surface area contributed by atoms with Crippen LogP contribution in [0.15, 0.2) is 0 Å². The van der Waals surface area contributed by atoms with Gasteiger partial charge in [-0.1, -0.05) is 40.5 Å². The van der Waals surface area contributed by atoms with Gasteiger partial charge >= 0.3 is 11.9 Å². The second-order valence-electron chi connectivity index (χ2n) is 8.66. The third-order valence-electron chi connectivity index (χ3n) is 7.40. The zero-order valence-corrected chi connectivity index (χ0v) is 18.0. The fourth-order valence-electron chi connectivity index (χ4n) is 5.70. The van der Waals surface area contributed by atoms with Gasteiger partial charge < -0.3 is 9.47 Å². The lowest BCUT2D eigenvalue weighted by molar-refractivity contribution is -0.183. The molecule has 0 radical (unpaired) electrons. The highest BCUT2D eigenvalue weighted by atomic mass is 16.6. The molecule has 156 valence electrons. The van der Waals surface area contributed by atoms with E-state index in [-0.39, 0.29) is 17.6 Å². The first-order chi connectivity index (χ1) is 12.9. The molecule has 0 N–H and O–H groups in total. The van der Waals surface area contributed by atoms with Crippen LogP contribution in [0.1, 0.15) is 111 Å². The van der Waals surface area contributed by atoms with E-state index in [4.69, 9.17) is 9.47 Å². The summed E-state index contributed by atoms with van der Waals surface area (Å²) >= 11 is 0. The predicted octanol–water partition coefficient (Wildman–Crippen LogP) is 5.96. The molecule has 27 heavy (non-hydrogen) atoms. The molecule has 2 saturated carbocycles. The minimum absolute atomic E-state index is 0.254. The van der Waals surface area contributed by atoms with Crippen molar-refractivity contribution in [1.29, 1.82) is 0 Å². The quantitative estimate of drug-likeness (QED) is 0.385.